The molecule has 0 radical (unpaired) electrons. The monoisotopic (exact) mass is 329 g/mol. The maximum absolute atomic E-state index is 12.4. The lowest BCUT2D eigenvalue weighted by Gasteiger charge is -2.32. The largest absolute Gasteiger partial charge is 0.465 e. The fourth-order valence-corrected chi connectivity index (χ4v) is 3.71. The van der Waals surface area contributed by atoms with Crippen molar-refractivity contribution in [1.29, 1.82) is 0 Å². The van der Waals surface area contributed by atoms with Crippen LogP contribution in [0, 0.1) is 6.92 Å². The molecular formula is C19H25N2O3+. The third kappa shape index (κ3) is 3.28. The number of esters is 1. The topological polar surface area (TPSA) is 52.9 Å². The second-order valence-corrected chi connectivity index (χ2v) is 6.66. The fourth-order valence-electron chi connectivity index (χ4n) is 3.71. The number of morpholine rings is 1. The number of fused-ring (bicyclic) bond motifs is 1. The van der Waals surface area contributed by atoms with Gasteiger partial charge in [-0.3, -0.25) is 0 Å². The van der Waals surface area contributed by atoms with Crippen molar-refractivity contribution in [2.24, 2.45) is 0 Å². The molecule has 0 aliphatic carbocycles. The van der Waals surface area contributed by atoms with Crippen LogP contribution < -0.4 is 4.90 Å². The summed E-state index contributed by atoms with van der Waals surface area (Å²) in [5, 5.41) is 1.00. The fraction of sp³-hybridized carbons (Fsp3) is 0.474. The van der Waals surface area contributed by atoms with Gasteiger partial charge in [0.15, 0.2) is 0 Å². The smallest absolute Gasteiger partial charge is 0.340 e. The molecule has 0 amide bonds. The summed E-state index contributed by atoms with van der Waals surface area (Å²) in [5.74, 6) is -0.311. The van der Waals surface area contributed by atoms with Crippen molar-refractivity contribution in [2.75, 3.05) is 20.2 Å². The molecule has 1 aliphatic heterocycles. The van der Waals surface area contributed by atoms with Crippen LogP contribution in [0.2, 0.25) is 0 Å². The molecule has 5 nitrogen and oxygen atoms in total. The van der Waals surface area contributed by atoms with E-state index in [1.165, 1.54) is 12.0 Å². The van der Waals surface area contributed by atoms with Gasteiger partial charge in [-0.05, 0) is 32.4 Å². The minimum absolute atomic E-state index is 0.215. The average Bonchev–Trinajstić information content (AvgIpc) is 2.53. The predicted molar refractivity (Wildman–Crippen MR) is 92.2 cm³/mol. The Bertz CT molecular complexity index is 750. The van der Waals surface area contributed by atoms with Crippen LogP contribution in [0.3, 0.4) is 0 Å². The summed E-state index contributed by atoms with van der Waals surface area (Å²) >= 11 is 0. The van der Waals surface area contributed by atoms with Gasteiger partial charge in [0.25, 0.3) is 0 Å². The normalized spacial score (nSPS) is 24.1. The number of aryl methyl sites for hydroxylation is 1. The molecule has 1 aliphatic rings. The van der Waals surface area contributed by atoms with Crippen molar-refractivity contribution in [1.82, 2.24) is 4.98 Å². The summed E-state index contributed by atoms with van der Waals surface area (Å²) in [6.07, 6.45) is 0.429. The molecule has 24 heavy (non-hydrogen) atoms. The van der Waals surface area contributed by atoms with E-state index < -0.39 is 0 Å². The first-order valence-corrected chi connectivity index (χ1v) is 8.45. The van der Waals surface area contributed by atoms with Gasteiger partial charge < -0.3 is 14.4 Å². The van der Waals surface area contributed by atoms with Crippen LogP contribution in [0.4, 0.5) is 0 Å². The van der Waals surface area contributed by atoms with E-state index in [1.54, 1.807) is 0 Å². The molecule has 0 bridgehead atoms. The van der Waals surface area contributed by atoms with E-state index in [2.05, 4.69) is 13.8 Å². The number of benzene rings is 1. The molecule has 1 saturated heterocycles. The number of carbonyl (C=O) groups is 1. The van der Waals surface area contributed by atoms with Crippen LogP contribution in [0.15, 0.2) is 24.3 Å². The third-order valence-electron chi connectivity index (χ3n) is 4.65. The van der Waals surface area contributed by atoms with Crippen LogP contribution in [0.25, 0.3) is 10.9 Å². The van der Waals surface area contributed by atoms with E-state index in [4.69, 9.17) is 14.5 Å². The molecule has 1 fully saturated rings. The summed E-state index contributed by atoms with van der Waals surface area (Å²) in [6, 6.07) is 7.93. The van der Waals surface area contributed by atoms with E-state index in [-0.39, 0.29) is 18.2 Å². The third-order valence-corrected chi connectivity index (χ3v) is 4.65. The molecule has 0 spiro atoms. The van der Waals surface area contributed by atoms with Gasteiger partial charge in [-0.1, -0.05) is 18.2 Å². The van der Waals surface area contributed by atoms with E-state index >= 15 is 0 Å². The zero-order valence-electron chi connectivity index (χ0n) is 14.8. The van der Waals surface area contributed by atoms with Crippen LogP contribution >= 0.6 is 0 Å². The van der Waals surface area contributed by atoms with E-state index in [0.29, 0.717) is 12.1 Å². The molecule has 2 atom stereocenters. The van der Waals surface area contributed by atoms with E-state index in [1.807, 2.05) is 31.2 Å². The first-order chi connectivity index (χ1) is 11.5. The number of hydrogen-bond donors (Lipinski definition) is 1. The van der Waals surface area contributed by atoms with Gasteiger partial charge in [-0.25, -0.2) is 9.78 Å². The minimum Gasteiger partial charge on any atom is -0.465 e. The number of para-hydroxylation sites is 1. The molecule has 1 N–H and O–H groups in total. The Balaban J connectivity index is 2.03. The highest BCUT2D eigenvalue weighted by Crippen LogP contribution is 2.23. The summed E-state index contributed by atoms with van der Waals surface area (Å²) in [5.41, 5.74) is 3.28. The molecule has 3 rings (SSSR count). The number of quaternary nitrogens is 1. The molecule has 0 unspecified atom stereocenters. The number of nitrogens with zero attached hydrogens (tertiary/aromatic N) is 1. The maximum Gasteiger partial charge on any atom is 0.340 e. The molecule has 2 heterocycles. The second kappa shape index (κ2) is 6.87. The van der Waals surface area contributed by atoms with Crippen LogP contribution in [0.5, 0.6) is 0 Å². The Morgan fingerprint density at radius 2 is 1.96 bits per heavy atom. The standard InChI is InChI=1S/C19H24N2O3/c1-12-9-21(10-13(2)24-12)11-17-18(19(22)23-4)14(3)15-7-5-6-8-16(15)20-17/h5-8,12-13H,9-11H2,1-4H3/p+1/t12-,13-/m0/s1. The molecule has 128 valence electrons. The van der Waals surface area contributed by atoms with Crippen LogP contribution in [-0.4, -0.2) is 43.4 Å². The lowest BCUT2D eigenvalue weighted by atomic mass is 10.0. The SMILES string of the molecule is COC(=O)c1c(C[NH+]2C[C@H](C)O[C@@H](C)C2)nc2ccccc2c1C. The van der Waals surface area contributed by atoms with Crippen molar-refractivity contribution in [3.05, 3.63) is 41.1 Å². The molecule has 0 saturated carbocycles. The summed E-state index contributed by atoms with van der Waals surface area (Å²) < 4.78 is 10.8. The molecule has 1 aromatic heterocycles. The number of aromatic nitrogens is 1. The van der Waals surface area contributed by atoms with Gasteiger partial charge in [0.1, 0.15) is 37.5 Å². The number of ether oxygens (including phenoxy) is 2. The van der Waals surface area contributed by atoms with Gasteiger partial charge in [0.05, 0.1) is 18.2 Å². The van der Waals surface area contributed by atoms with Crippen LogP contribution in [-0.2, 0) is 16.0 Å². The van der Waals surface area contributed by atoms with Gasteiger partial charge >= 0.3 is 5.97 Å². The Labute approximate surface area is 142 Å². The number of rotatable bonds is 3. The second-order valence-electron chi connectivity index (χ2n) is 6.66. The maximum atomic E-state index is 12.4. The van der Waals surface area contributed by atoms with E-state index in [9.17, 15) is 4.79 Å². The number of methoxy groups -OCH3 is 1. The minimum atomic E-state index is -0.311. The number of pyridine rings is 1. The lowest BCUT2D eigenvalue weighted by molar-refractivity contribution is -0.928. The summed E-state index contributed by atoms with van der Waals surface area (Å²) in [7, 11) is 1.42. The van der Waals surface area contributed by atoms with Crippen molar-refractivity contribution in [2.45, 2.75) is 39.5 Å². The molecule has 2 aromatic rings. The predicted octanol–water partition coefficient (Wildman–Crippen LogP) is 1.52. The molecule has 1 aromatic carbocycles. The molecular weight excluding hydrogens is 304 g/mol. The van der Waals surface area contributed by atoms with Gasteiger partial charge in [0.2, 0.25) is 0 Å². The summed E-state index contributed by atoms with van der Waals surface area (Å²) in [4.78, 5) is 18.5. The van der Waals surface area contributed by atoms with Crippen molar-refractivity contribution in [3.63, 3.8) is 0 Å². The highest BCUT2D eigenvalue weighted by Gasteiger charge is 2.28. The Hall–Kier alpha value is -1.98. The lowest BCUT2D eigenvalue weighted by Crippen LogP contribution is -3.14. The highest BCUT2D eigenvalue weighted by atomic mass is 16.5. The Morgan fingerprint density at radius 1 is 1.29 bits per heavy atom. The average molecular weight is 329 g/mol. The summed E-state index contributed by atoms with van der Waals surface area (Å²) in [6.45, 7) is 8.69. The van der Waals surface area contributed by atoms with Gasteiger partial charge in [-0.15, -0.1) is 0 Å². The van der Waals surface area contributed by atoms with Crippen molar-refractivity contribution >= 4 is 16.9 Å². The van der Waals surface area contributed by atoms with Crippen molar-refractivity contribution < 1.29 is 19.2 Å². The van der Waals surface area contributed by atoms with Gasteiger partial charge in [-0.2, -0.15) is 0 Å². The zero-order chi connectivity index (χ0) is 17.3. The van der Waals surface area contributed by atoms with Crippen molar-refractivity contribution in [3.8, 4) is 0 Å². The Kier molecular flexibility index (Phi) is 4.83. The van der Waals surface area contributed by atoms with Crippen LogP contribution in [0.1, 0.15) is 35.5 Å². The number of nitrogens with one attached hydrogen (secondary N) is 1. The molecule has 5 heteroatoms. The quantitative estimate of drug-likeness (QED) is 0.868. The van der Waals surface area contributed by atoms with E-state index in [0.717, 1.165) is 35.2 Å². The first-order valence-electron chi connectivity index (χ1n) is 8.45. The number of carbonyl (C=O) groups excluding carboxylic acids is 1. The number of hydrogen-bond acceptors (Lipinski definition) is 4. The van der Waals surface area contributed by atoms with Gasteiger partial charge in [0, 0.05) is 5.39 Å². The zero-order valence-corrected chi connectivity index (χ0v) is 14.8. The Morgan fingerprint density at radius 3 is 2.62 bits per heavy atom. The highest BCUT2D eigenvalue weighted by molar-refractivity contribution is 5.98. The first kappa shape index (κ1) is 16.9.